The Morgan fingerprint density at radius 1 is 1.30 bits per heavy atom. The van der Waals surface area contributed by atoms with E-state index >= 15 is 0 Å². The summed E-state index contributed by atoms with van der Waals surface area (Å²) in [6.07, 6.45) is 1.05. The maximum Gasteiger partial charge on any atom is 0.240 e. The number of hydrogen-bond acceptors (Lipinski definition) is 6. The van der Waals surface area contributed by atoms with Gasteiger partial charge in [0.1, 0.15) is 15.6 Å². The fourth-order valence-corrected chi connectivity index (χ4v) is 4.04. The average molecular weight is 322 g/mol. The molecule has 0 aromatic heterocycles. The van der Waals surface area contributed by atoms with Crippen LogP contribution in [-0.4, -0.2) is 42.0 Å². The predicted octanol–water partition coefficient (Wildman–Crippen LogP) is -0.0112. The van der Waals surface area contributed by atoms with E-state index in [9.17, 15) is 16.8 Å². The molecule has 1 atom stereocenters. The average Bonchev–Trinajstić information content (AvgIpc) is 2.25. The van der Waals surface area contributed by atoms with Gasteiger partial charge in [-0.1, -0.05) is 0 Å². The maximum absolute atomic E-state index is 12.1. The van der Waals surface area contributed by atoms with Crippen molar-refractivity contribution < 1.29 is 21.6 Å². The number of nitrogens with two attached hydrogens (primary N) is 1. The van der Waals surface area contributed by atoms with E-state index in [4.69, 9.17) is 10.5 Å². The van der Waals surface area contributed by atoms with Crippen molar-refractivity contribution in [3.8, 4) is 5.75 Å². The lowest BCUT2D eigenvalue weighted by molar-refractivity contribution is 0.415. The Balaban J connectivity index is 3.00. The predicted molar refractivity (Wildman–Crippen MR) is 76.9 cm³/mol. The van der Waals surface area contributed by atoms with Crippen molar-refractivity contribution in [1.82, 2.24) is 4.72 Å². The number of hydrogen-bond donors (Lipinski definition) is 2. The van der Waals surface area contributed by atoms with Crippen molar-refractivity contribution >= 4 is 25.5 Å². The second-order valence-corrected chi connectivity index (χ2v) is 8.42. The first kappa shape index (κ1) is 16.7. The summed E-state index contributed by atoms with van der Waals surface area (Å²) in [6.45, 7) is 1.48. The molecule has 114 valence electrons. The molecule has 0 aliphatic rings. The van der Waals surface area contributed by atoms with Gasteiger partial charge < -0.3 is 10.5 Å². The summed E-state index contributed by atoms with van der Waals surface area (Å²) in [7, 11) is -5.72. The highest BCUT2D eigenvalue weighted by atomic mass is 32.2. The zero-order chi connectivity index (χ0) is 15.6. The molecule has 0 aliphatic carbocycles. The summed E-state index contributed by atoms with van der Waals surface area (Å²) in [6, 6.07) is 3.28. The van der Waals surface area contributed by atoms with Gasteiger partial charge in [-0.3, -0.25) is 0 Å². The Kier molecular flexibility index (Phi) is 5.00. The Morgan fingerprint density at radius 3 is 2.40 bits per heavy atom. The fourth-order valence-electron chi connectivity index (χ4n) is 1.68. The van der Waals surface area contributed by atoms with Gasteiger partial charge in [0.05, 0.1) is 23.4 Å². The van der Waals surface area contributed by atoms with Crippen molar-refractivity contribution in [1.29, 1.82) is 0 Å². The topological polar surface area (TPSA) is 116 Å². The molecule has 1 aromatic carbocycles. The van der Waals surface area contributed by atoms with Gasteiger partial charge in [-0.15, -0.1) is 0 Å². The molecule has 20 heavy (non-hydrogen) atoms. The zero-order valence-corrected chi connectivity index (χ0v) is 13.1. The van der Waals surface area contributed by atoms with Crippen molar-refractivity contribution in [2.24, 2.45) is 0 Å². The normalized spacial score (nSPS) is 13.9. The van der Waals surface area contributed by atoms with Crippen molar-refractivity contribution in [3.05, 3.63) is 18.2 Å². The second-order valence-electron chi connectivity index (χ2n) is 4.52. The number of rotatable bonds is 6. The van der Waals surface area contributed by atoms with Crippen LogP contribution in [0.4, 0.5) is 5.69 Å². The van der Waals surface area contributed by atoms with Crippen LogP contribution < -0.4 is 15.2 Å². The molecule has 0 radical (unpaired) electrons. The second kappa shape index (κ2) is 5.98. The summed E-state index contributed by atoms with van der Waals surface area (Å²) in [5, 5.41) is 0. The quantitative estimate of drug-likeness (QED) is 0.712. The van der Waals surface area contributed by atoms with Crippen LogP contribution in [0.5, 0.6) is 5.75 Å². The molecule has 7 nitrogen and oxygen atoms in total. The molecule has 0 saturated heterocycles. The van der Waals surface area contributed by atoms with E-state index in [1.807, 2.05) is 0 Å². The van der Waals surface area contributed by atoms with Gasteiger partial charge in [-0.05, 0) is 19.1 Å². The molecule has 0 aliphatic heterocycles. The molecule has 0 spiro atoms. The first-order chi connectivity index (χ1) is 9.05. The smallest absolute Gasteiger partial charge is 0.240 e. The van der Waals surface area contributed by atoms with Gasteiger partial charge >= 0.3 is 0 Å². The third kappa shape index (κ3) is 4.66. The molecule has 0 amide bonds. The molecule has 9 heteroatoms. The number of ether oxygens (including phenoxy) is 1. The fraction of sp³-hybridized carbons (Fsp3) is 0.455. The highest BCUT2D eigenvalue weighted by Crippen LogP contribution is 2.24. The summed E-state index contributed by atoms with van der Waals surface area (Å²) >= 11 is 0. The molecule has 0 saturated carbocycles. The molecule has 1 unspecified atom stereocenters. The standard InChI is InChI=1S/C11H18N2O5S2/c1-8(7-19(3,14)15)13-20(16,17)9-4-5-10(12)11(6-9)18-2/h4-6,8,13H,7,12H2,1-3H3. The van der Waals surface area contributed by atoms with Crippen molar-refractivity contribution in [3.63, 3.8) is 0 Å². The van der Waals surface area contributed by atoms with E-state index in [1.165, 1.54) is 32.2 Å². The van der Waals surface area contributed by atoms with Crippen LogP contribution in [0.2, 0.25) is 0 Å². The Bertz CT molecular complexity index is 683. The number of nitrogens with one attached hydrogen (secondary N) is 1. The Labute approximate surface area is 119 Å². The number of nitrogen functional groups attached to an aromatic ring is 1. The van der Waals surface area contributed by atoms with E-state index in [1.54, 1.807) is 0 Å². The Morgan fingerprint density at radius 2 is 1.90 bits per heavy atom. The lowest BCUT2D eigenvalue weighted by Gasteiger charge is -2.14. The van der Waals surface area contributed by atoms with E-state index in [2.05, 4.69) is 4.72 Å². The minimum Gasteiger partial charge on any atom is -0.495 e. The molecule has 1 rings (SSSR count). The van der Waals surface area contributed by atoms with Gasteiger partial charge in [-0.2, -0.15) is 0 Å². The van der Waals surface area contributed by atoms with Crippen LogP contribution in [0.25, 0.3) is 0 Å². The molecule has 0 bridgehead atoms. The van der Waals surface area contributed by atoms with Crippen LogP contribution in [0.15, 0.2) is 23.1 Å². The number of methoxy groups -OCH3 is 1. The molecular weight excluding hydrogens is 304 g/mol. The number of anilines is 1. The van der Waals surface area contributed by atoms with Crippen molar-refractivity contribution in [2.45, 2.75) is 17.9 Å². The zero-order valence-electron chi connectivity index (χ0n) is 11.5. The highest BCUT2D eigenvalue weighted by molar-refractivity contribution is 7.91. The lowest BCUT2D eigenvalue weighted by atomic mass is 10.3. The van der Waals surface area contributed by atoms with Crippen LogP contribution in [0.1, 0.15) is 6.92 Å². The largest absolute Gasteiger partial charge is 0.495 e. The van der Waals surface area contributed by atoms with Gasteiger partial charge in [0.15, 0.2) is 0 Å². The summed E-state index contributed by atoms with van der Waals surface area (Å²) < 4.78 is 53.7. The van der Waals surface area contributed by atoms with Crippen molar-refractivity contribution in [2.75, 3.05) is 24.9 Å². The van der Waals surface area contributed by atoms with Gasteiger partial charge in [0, 0.05) is 18.4 Å². The van der Waals surface area contributed by atoms with Gasteiger partial charge in [-0.25, -0.2) is 21.6 Å². The van der Waals surface area contributed by atoms with Crippen LogP contribution in [-0.2, 0) is 19.9 Å². The maximum atomic E-state index is 12.1. The first-order valence-electron chi connectivity index (χ1n) is 5.69. The third-order valence-electron chi connectivity index (χ3n) is 2.42. The van der Waals surface area contributed by atoms with Gasteiger partial charge in [0.25, 0.3) is 0 Å². The minimum atomic E-state index is -3.83. The first-order valence-corrected chi connectivity index (χ1v) is 9.23. The molecule has 3 N–H and O–H groups in total. The summed E-state index contributed by atoms with van der Waals surface area (Å²) in [5.74, 6) is -0.0399. The molecular formula is C11H18N2O5S2. The number of benzene rings is 1. The number of sulfonamides is 1. The van der Waals surface area contributed by atoms with Crippen LogP contribution in [0, 0.1) is 0 Å². The van der Waals surface area contributed by atoms with E-state index in [-0.39, 0.29) is 16.4 Å². The lowest BCUT2D eigenvalue weighted by Crippen LogP contribution is -2.37. The highest BCUT2D eigenvalue weighted by Gasteiger charge is 2.21. The number of sulfone groups is 1. The Hall–Kier alpha value is -1.32. The van der Waals surface area contributed by atoms with Crippen LogP contribution in [0.3, 0.4) is 0 Å². The molecule has 1 aromatic rings. The van der Waals surface area contributed by atoms with Gasteiger partial charge in [0.2, 0.25) is 10.0 Å². The molecule has 0 heterocycles. The minimum absolute atomic E-state index is 0.0381. The van der Waals surface area contributed by atoms with E-state index < -0.39 is 25.9 Å². The van der Waals surface area contributed by atoms with Crippen LogP contribution >= 0.6 is 0 Å². The van der Waals surface area contributed by atoms with E-state index in [0.717, 1.165) is 6.26 Å². The third-order valence-corrected chi connectivity index (χ3v) is 5.12. The SMILES string of the molecule is COc1cc(S(=O)(=O)NC(C)CS(C)(=O)=O)ccc1N. The van der Waals surface area contributed by atoms with E-state index in [0.29, 0.717) is 5.69 Å². The molecule has 0 fully saturated rings. The summed E-state index contributed by atoms with van der Waals surface area (Å²) in [4.78, 5) is -0.0381. The monoisotopic (exact) mass is 322 g/mol. The summed E-state index contributed by atoms with van der Waals surface area (Å²) in [5.41, 5.74) is 5.92.